The van der Waals surface area contributed by atoms with Gasteiger partial charge in [-0.15, -0.1) is 0 Å². The molecule has 1 amide bonds. The highest BCUT2D eigenvalue weighted by atomic mass is 32.2. The first kappa shape index (κ1) is 12.4. The highest BCUT2D eigenvalue weighted by molar-refractivity contribution is 7.99. The van der Waals surface area contributed by atoms with Gasteiger partial charge < -0.3 is 15.2 Å². The zero-order chi connectivity index (χ0) is 11.9. The van der Waals surface area contributed by atoms with Gasteiger partial charge in [-0.3, -0.25) is 4.79 Å². The van der Waals surface area contributed by atoms with Gasteiger partial charge in [0.25, 0.3) is 0 Å². The third kappa shape index (κ3) is 4.35. The van der Waals surface area contributed by atoms with Crippen molar-refractivity contribution >= 4 is 17.7 Å². The molecule has 7 heteroatoms. The van der Waals surface area contributed by atoms with Crippen LogP contribution in [-0.2, 0) is 11.2 Å². The van der Waals surface area contributed by atoms with E-state index in [1.807, 2.05) is 11.8 Å². The molecule has 94 valence electrons. The van der Waals surface area contributed by atoms with Crippen LogP contribution in [0.15, 0.2) is 10.9 Å². The number of aromatic nitrogens is 2. The number of carbonyl (C=O) groups is 1. The molecule has 0 spiro atoms. The Bertz CT molecular complexity index is 338. The van der Waals surface area contributed by atoms with Crippen molar-refractivity contribution in [3.8, 4) is 0 Å². The standard InChI is InChI=1S/C10H16N4O2S/c15-10(5-8-6-17-4-3-11-8)12-2-1-9-13-7-16-14-9/h7-8,11H,1-6H2,(H,12,15). The first-order valence-electron chi connectivity index (χ1n) is 5.67. The average Bonchev–Trinajstić information content (AvgIpc) is 2.83. The Morgan fingerprint density at radius 1 is 1.71 bits per heavy atom. The summed E-state index contributed by atoms with van der Waals surface area (Å²) in [5.41, 5.74) is 0. The highest BCUT2D eigenvalue weighted by Gasteiger charge is 2.16. The first-order chi connectivity index (χ1) is 8.34. The van der Waals surface area contributed by atoms with Crippen LogP contribution in [-0.4, -0.2) is 46.7 Å². The van der Waals surface area contributed by atoms with Crippen molar-refractivity contribution in [3.63, 3.8) is 0 Å². The number of thioether (sulfide) groups is 1. The Morgan fingerprint density at radius 3 is 3.35 bits per heavy atom. The van der Waals surface area contributed by atoms with Crippen molar-refractivity contribution in [2.24, 2.45) is 0 Å². The summed E-state index contributed by atoms with van der Waals surface area (Å²) in [5.74, 6) is 2.85. The minimum Gasteiger partial charge on any atom is -0.356 e. The number of nitrogens with one attached hydrogen (secondary N) is 2. The molecule has 0 aliphatic carbocycles. The van der Waals surface area contributed by atoms with E-state index in [-0.39, 0.29) is 5.91 Å². The van der Waals surface area contributed by atoms with Crippen molar-refractivity contribution in [2.45, 2.75) is 18.9 Å². The highest BCUT2D eigenvalue weighted by Crippen LogP contribution is 2.09. The predicted octanol–water partition coefficient (Wildman–Crippen LogP) is -0.177. The van der Waals surface area contributed by atoms with E-state index in [0.717, 1.165) is 18.1 Å². The number of rotatable bonds is 5. The van der Waals surface area contributed by atoms with Crippen LogP contribution in [0.25, 0.3) is 0 Å². The zero-order valence-electron chi connectivity index (χ0n) is 9.52. The van der Waals surface area contributed by atoms with Crippen LogP contribution < -0.4 is 10.6 Å². The fourth-order valence-corrected chi connectivity index (χ4v) is 2.61. The van der Waals surface area contributed by atoms with Gasteiger partial charge in [0.1, 0.15) is 0 Å². The van der Waals surface area contributed by atoms with E-state index in [1.165, 1.54) is 6.39 Å². The first-order valence-corrected chi connectivity index (χ1v) is 6.83. The summed E-state index contributed by atoms with van der Waals surface area (Å²) in [6.45, 7) is 1.55. The topological polar surface area (TPSA) is 80.0 Å². The predicted molar refractivity (Wildman–Crippen MR) is 64.7 cm³/mol. The number of nitrogens with zero attached hydrogens (tertiary/aromatic N) is 2. The van der Waals surface area contributed by atoms with E-state index in [4.69, 9.17) is 0 Å². The maximum Gasteiger partial charge on any atom is 0.221 e. The molecule has 17 heavy (non-hydrogen) atoms. The summed E-state index contributed by atoms with van der Waals surface area (Å²) in [6, 6.07) is 0.305. The monoisotopic (exact) mass is 256 g/mol. The minimum absolute atomic E-state index is 0.0773. The summed E-state index contributed by atoms with van der Waals surface area (Å²) in [4.78, 5) is 15.5. The molecule has 1 aromatic heterocycles. The van der Waals surface area contributed by atoms with Gasteiger partial charge >= 0.3 is 0 Å². The van der Waals surface area contributed by atoms with Gasteiger partial charge in [0.2, 0.25) is 12.3 Å². The van der Waals surface area contributed by atoms with Gasteiger partial charge in [-0.2, -0.15) is 16.7 Å². The molecule has 1 saturated heterocycles. The molecule has 6 nitrogen and oxygen atoms in total. The maximum absolute atomic E-state index is 11.6. The molecular weight excluding hydrogens is 240 g/mol. The fourth-order valence-electron chi connectivity index (χ4n) is 1.66. The molecule has 1 unspecified atom stereocenters. The lowest BCUT2D eigenvalue weighted by Gasteiger charge is -2.22. The van der Waals surface area contributed by atoms with Crippen molar-refractivity contribution in [2.75, 3.05) is 24.6 Å². The third-order valence-corrected chi connectivity index (χ3v) is 3.64. The van der Waals surface area contributed by atoms with Crippen LogP contribution in [0.5, 0.6) is 0 Å². The van der Waals surface area contributed by atoms with Gasteiger partial charge in [0, 0.05) is 43.5 Å². The van der Waals surface area contributed by atoms with Gasteiger partial charge in [-0.1, -0.05) is 5.16 Å². The summed E-state index contributed by atoms with van der Waals surface area (Å²) < 4.78 is 4.61. The normalized spacial score (nSPS) is 20.1. The third-order valence-electron chi connectivity index (χ3n) is 2.51. The quantitative estimate of drug-likeness (QED) is 0.761. The molecule has 0 aromatic carbocycles. The molecule has 2 rings (SSSR count). The number of carbonyl (C=O) groups excluding carboxylic acids is 1. The molecule has 1 atom stereocenters. The Balaban J connectivity index is 1.60. The van der Waals surface area contributed by atoms with Crippen LogP contribution in [0.3, 0.4) is 0 Å². The van der Waals surface area contributed by atoms with Crippen molar-refractivity contribution in [1.82, 2.24) is 20.8 Å². The Hall–Kier alpha value is -1.08. The number of amides is 1. The molecule has 2 heterocycles. The lowest BCUT2D eigenvalue weighted by molar-refractivity contribution is -0.121. The van der Waals surface area contributed by atoms with E-state index in [9.17, 15) is 4.79 Å². The average molecular weight is 256 g/mol. The van der Waals surface area contributed by atoms with Crippen LogP contribution in [0.1, 0.15) is 12.2 Å². The molecule has 2 N–H and O–H groups in total. The second-order valence-corrected chi connectivity index (χ2v) is 5.03. The fraction of sp³-hybridized carbons (Fsp3) is 0.700. The van der Waals surface area contributed by atoms with Crippen LogP contribution in [0.2, 0.25) is 0 Å². The van der Waals surface area contributed by atoms with Gasteiger partial charge in [0.15, 0.2) is 5.82 Å². The number of hydrogen-bond acceptors (Lipinski definition) is 6. The molecular formula is C10H16N4O2S. The molecule has 1 fully saturated rings. The lowest BCUT2D eigenvalue weighted by atomic mass is 10.2. The SMILES string of the molecule is O=C(CC1CSCCN1)NCCc1ncon1. The molecule has 1 aliphatic heterocycles. The van der Waals surface area contributed by atoms with Crippen molar-refractivity contribution < 1.29 is 9.32 Å². The minimum atomic E-state index is 0.0773. The molecule has 1 aromatic rings. The van der Waals surface area contributed by atoms with Gasteiger partial charge in [-0.25, -0.2) is 0 Å². The summed E-state index contributed by atoms with van der Waals surface area (Å²) in [6.07, 6.45) is 2.44. The molecule has 0 bridgehead atoms. The Morgan fingerprint density at radius 2 is 2.65 bits per heavy atom. The molecule has 0 saturated carbocycles. The van der Waals surface area contributed by atoms with Gasteiger partial charge in [-0.05, 0) is 0 Å². The lowest BCUT2D eigenvalue weighted by Crippen LogP contribution is -2.41. The zero-order valence-corrected chi connectivity index (χ0v) is 10.3. The summed E-state index contributed by atoms with van der Waals surface area (Å²) in [5, 5.41) is 9.87. The van der Waals surface area contributed by atoms with Gasteiger partial charge in [0.05, 0.1) is 0 Å². The van der Waals surface area contributed by atoms with E-state index in [2.05, 4.69) is 25.3 Å². The number of hydrogen-bond donors (Lipinski definition) is 2. The van der Waals surface area contributed by atoms with Crippen molar-refractivity contribution in [1.29, 1.82) is 0 Å². The largest absolute Gasteiger partial charge is 0.356 e. The van der Waals surface area contributed by atoms with Crippen LogP contribution in [0, 0.1) is 0 Å². The smallest absolute Gasteiger partial charge is 0.221 e. The van der Waals surface area contributed by atoms with E-state index in [1.54, 1.807) is 0 Å². The van der Waals surface area contributed by atoms with E-state index < -0.39 is 0 Å². The maximum atomic E-state index is 11.6. The van der Waals surface area contributed by atoms with E-state index >= 15 is 0 Å². The molecule has 1 aliphatic rings. The Kier molecular flexibility index (Phi) is 4.81. The van der Waals surface area contributed by atoms with Crippen molar-refractivity contribution in [3.05, 3.63) is 12.2 Å². The van der Waals surface area contributed by atoms with E-state index in [0.29, 0.717) is 31.3 Å². The molecule has 0 radical (unpaired) electrons. The Labute approximate surface area is 104 Å². The van der Waals surface area contributed by atoms with Crippen LogP contribution in [0.4, 0.5) is 0 Å². The summed E-state index contributed by atoms with van der Waals surface area (Å²) in [7, 11) is 0. The second kappa shape index (κ2) is 6.61. The van der Waals surface area contributed by atoms with Crippen LogP contribution >= 0.6 is 11.8 Å². The second-order valence-electron chi connectivity index (χ2n) is 3.88. The summed E-state index contributed by atoms with van der Waals surface area (Å²) >= 11 is 1.89.